The van der Waals surface area contributed by atoms with E-state index >= 15 is 0 Å². The van der Waals surface area contributed by atoms with Crippen LogP contribution in [0.1, 0.15) is 15.9 Å². The van der Waals surface area contributed by atoms with E-state index in [2.05, 4.69) is 0 Å². The van der Waals surface area contributed by atoms with Gasteiger partial charge >= 0.3 is 5.97 Å². The van der Waals surface area contributed by atoms with E-state index in [1.165, 1.54) is 0 Å². The van der Waals surface area contributed by atoms with E-state index in [-0.39, 0.29) is 6.61 Å². The number of esters is 1. The zero-order chi connectivity index (χ0) is 13.7. The number of carbonyl (C=O) groups is 1. The highest BCUT2D eigenvalue weighted by atomic mass is 16.5. The second-order valence-corrected chi connectivity index (χ2v) is 4.01. The molecule has 0 amide bonds. The van der Waals surface area contributed by atoms with Crippen LogP contribution in [0.5, 0.6) is 5.75 Å². The second kappa shape index (κ2) is 5.91. The van der Waals surface area contributed by atoms with Gasteiger partial charge in [0.05, 0.1) is 12.7 Å². The van der Waals surface area contributed by atoms with Crippen molar-refractivity contribution in [3.63, 3.8) is 0 Å². The minimum absolute atomic E-state index is 0.185. The van der Waals surface area contributed by atoms with Gasteiger partial charge in [-0.2, -0.15) is 0 Å². The lowest BCUT2D eigenvalue weighted by Crippen LogP contribution is -2.08. The average Bonchev–Trinajstić information content (AvgIpc) is 2.45. The Labute approximate surface area is 111 Å². The van der Waals surface area contributed by atoms with Crippen molar-refractivity contribution < 1.29 is 14.3 Å². The fourth-order valence-electron chi connectivity index (χ4n) is 1.67. The van der Waals surface area contributed by atoms with Crippen molar-refractivity contribution >= 4 is 11.7 Å². The van der Waals surface area contributed by atoms with Crippen molar-refractivity contribution in [3.8, 4) is 5.75 Å². The Morgan fingerprint density at radius 1 is 1.16 bits per heavy atom. The Morgan fingerprint density at radius 2 is 1.95 bits per heavy atom. The number of anilines is 1. The summed E-state index contributed by atoms with van der Waals surface area (Å²) in [5.74, 6) is 0.300. The van der Waals surface area contributed by atoms with Gasteiger partial charge in [0.15, 0.2) is 0 Å². The SMILES string of the molecule is COc1cccc(COC(=O)c2ccccc2N)c1. The number of methoxy groups -OCH3 is 1. The largest absolute Gasteiger partial charge is 0.497 e. The summed E-state index contributed by atoms with van der Waals surface area (Å²) in [5.41, 5.74) is 7.37. The van der Waals surface area contributed by atoms with Gasteiger partial charge in [0.1, 0.15) is 12.4 Å². The second-order valence-electron chi connectivity index (χ2n) is 4.01. The maximum absolute atomic E-state index is 11.9. The number of hydrogen-bond acceptors (Lipinski definition) is 4. The van der Waals surface area contributed by atoms with E-state index < -0.39 is 5.97 Å². The van der Waals surface area contributed by atoms with Crippen LogP contribution < -0.4 is 10.5 Å². The number of benzene rings is 2. The lowest BCUT2D eigenvalue weighted by Gasteiger charge is -2.07. The molecule has 0 heterocycles. The highest BCUT2D eigenvalue weighted by Crippen LogP contribution is 2.16. The molecule has 0 unspecified atom stereocenters. The van der Waals surface area contributed by atoms with Gasteiger partial charge < -0.3 is 15.2 Å². The van der Waals surface area contributed by atoms with Crippen LogP contribution in [0.3, 0.4) is 0 Å². The third kappa shape index (κ3) is 3.25. The Hall–Kier alpha value is -2.49. The van der Waals surface area contributed by atoms with Crippen molar-refractivity contribution in [3.05, 3.63) is 59.7 Å². The van der Waals surface area contributed by atoms with Crippen molar-refractivity contribution in [2.24, 2.45) is 0 Å². The van der Waals surface area contributed by atoms with Crippen molar-refractivity contribution in [2.75, 3.05) is 12.8 Å². The van der Waals surface area contributed by atoms with Crippen LogP contribution in [0.25, 0.3) is 0 Å². The Balaban J connectivity index is 2.02. The summed E-state index contributed by atoms with van der Waals surface area (Å²) in [6.45, 7) is 0.185. The summed E-state index contributed by atoms with van der Waals surface area (Å²) in [4.78, 5) is 11.9. The predicted octanol–water partition coefficient (Wildman–Crippen LogP) is 2.63. The summed E-state index contributed by atoms with van der Waals surface area (Å²) in [5, 5.41) is 0. The molecule has 2 N–H and O–H groups in total. The van der Waals surface area contributed by atoms with Crippen LogP contribution in [0.4, 0.5) is 5.69 Å². The molecule has 4 nitrogen and oxygen atoms in total. The first-order valence-electron chi connectivity index (χ1n) is 5.85. The number of carbonyl (C=O) groups excluding carboxylic acids is 1. The maximum Gasteiger partial charge on any atom is 0.340 e. The molecule has 98 valence electrons. The normalized spacial score (nSPS) is 9.95. The standard InChI is InChI=1S/C15H15NO3/c1-18-12-6-4-5-11(9-12)10-19-15(17)13-7-2-3-8-14(13)16/h2-9H,10,16H2,1H3. The molecule has 0 saturated heterocycles. The summed E-state index contributed by atoms with van der Waals surface area (Å²) in [6.07, 6.45) is 0. The molecular weight excluding hydrogens is 242 g/mol. The Morgan fingerprint density at radius 3 is 2.68 bits per heavy atom. The molecule has 2 rings (SSSR count). The zero-order valence-corrected chi connectivity index (χ0v) is 10.6. The number of hydrogen-bond donors (Lipinski definition) is 1. The summed E-state index contributed by atoms with van der Waals surface area (Å²) < 4.78 is 10.3. The van der Waals surface area contributed by atoms with Gasteiger partial charge in [0.25, 0.3) is 0 Å². The third-order valence-electron chi connectivity index (χ3n) is 2.68. The van der Waals surface area contributed by atoms with Crippen LogP contribution >= 0.6 is 0 Å². The molecular formula is C15H15NO3. The number of rotatable bonds is 4. The first-order chi connectivity index (χ1) is 9.20. The quantitative estimate of drug-likeness (QED) is 0.675. The molecule has 0 aliphatic heterocycles. The van der Waals surface area contributed by atoms with Crippen LogP contribution in [-0.4, -0.2) is 13.1 Å². The van der Waals surface area contributed by atoms with E-state index in [0.29, 0.717) is 11.3 Å². The molecule has 19 heavy (non-hydrogen) atoms. The highest BCUT2D eigenvalue weighted by molar-refractivity contribution is 5.94. The van der Waals surface area contributed by atoms with Gasteiger partial charge in [0, 0.05) is 5.69 Å². The summed E-state index contributed by atoms with van der Waals surface area (Å²) in [7, 11) is 1.59. The molecule has 2 aromatic carbocycles. The Kier molecular flexibility index (Phi) is 4.03. The molecule has 0 saturated carbocycles. The zero-order valence-electron chi connectivity index (χ0n) is 10.6. The molecule has 0 atom stereocenters. The third-order valence-corrected chi connectivity index (χ3v) is 2.68. The van der Waals surface area contributed by atoms with Crippen molar-refractivity contribution in [1.82, 2.24) is 0 Å². The lowest BCUT2D eigenvalue weighted by molar-refractivity contribution is 0.0473. The van der Waals surface area contributed by atoms with E-state index in [1.54, 1.807) is 31.4 Å². The van der Waals surface area contributed by atoms with E-state index in [0.717, 1.165) is 11.3 Å². The van der Waals surface area contributed by atoms with E-state index in [4.69, 9.17) is 15.2 Å². The van der Waals surface area contributed by atoms with Crippen molar-refractivity contribution in [1.29, 1.82) is 0 Å². The van der Waals surface area contributed by atoms with Crippen LogP contribution in [0.2, 0.25) is 0 Å². The summed E-state index contributed by atoms with van der Waals surface area (Å²) in [6, 6.07) is 14.2. The molecule has 0 bridgehead atoms. The molecule has 4 heteroatoms. The highest BCUT2D eigenvalue weighted by Gasteiger charge is 2.10. The average molecular weight is 257 g/mol. The fraction of sp³-hybridized carbons (Fsp3) is 0.133. The number of nitrogens with two attached hydrogens (primary N) is 1. The van der Waals surface area contributed by atoms with Gasteiger partial charge in [-0.05, 0) is 29.8 Å². The smallest absolute Gasteiger partial charge is 0.340 e. The first-order valence-corrected chi connectivity index (χ1v) is 5.85. The molecule has 0 aliphatic rings. The molecule has 0 fully saturated rings. The Bertz CT molecular complexity index is 581. The first kappa shape index (κ1) is 13.0. The van der Waals surface area contributed by atoms with E-state index in [9.17, 15) is 4.79 Å². The molecule has 0 radical (unpaired) electrons. The maximum atomic E-state index is 11.9. The monoisotopic (exact) mass is 257 g/mol. The van der Waals surface area contributed by atoms with Gasteiger partial charge in [0.2, 0.25) is 0 Å². The van der Waals surface area contributed by atoms with Gasteiger partial charge in [-0.3, -0.25) is 0 Å². The van der Waals surface area contributed by atoms with Crippen LogP contribution in [-0.2, 0) is 11.3 Å². The predicted molar refractivity (Wildman–Crippen MR) is 73.0 cm³/mol. The summed E-state index contributed by atoms with van der Waals surface area (Å²) >= 11 is 0. The van der Waals surface area contributed by atoms with Crippen molar-refractivity contribution in [2.45, 2.75) is 6.61 Å². The minimum atomic E-state index is -0.430. The lowest BCUT2D eigenvalue weighted by atomic mass is 10.2. The number of para-hydroxylation sites is 1. The minimum Gasteiger partial charge on any atom is -0.497 e. The molecule has 2 aromatic rings. The van der Waals surface area contributed by atoms with Crippen LogP contribution in [0.15, 0.2) is 48.5 Å². The molecule has 0 aliphatic carbocycles. The number of ether oxygens (including phenoxy) is 2. The van der Waals surface area contributed by atoms with Gasteiger partial charge in [-0.25, -0.2) is 4.79 Å². The van der Waals surface area contributed by atoms with Crippen LogP contribution in [0, 0.1) is 0 Å². The molecule has 0 aromatic heterocycles. The topological polar surface area (TPSA) is 61.5 Å². The number of nitrogen functional groups attached to an aromatic ring is 1. The fourth-order valence-corrected chi connectivity index (χ4v) is 1.67. The van der Waals surface area contributed by atoms with E-state index in [1.807, 2.05) is 24.3 Å². The molecule has 0 spiro atoms. The van der Waals surface area contributed by atoms with Gasteiger partial charge in [-0.15, -0.1) is 0 Å². The van der Waals surface area contributed by atoms with Gasteiger partial charge in [-0.1, -0.05) is 24.3 Å².